The number of benzene rings is 2. The smallest absolute Gasteiger partial charge is 0.261 e. The second-order valence-corrected chi connectivity index (χ2v) is 13.0. The summed E-state index contributed by atoms with van der Waals surface area (Å²) in [6.45, 7) is 10.2. The standard InChI is InChI=1S/C23H31ClO3Si/c1-5-18(25)16-21(24)22(26)17-27-28(23(2,3)4,19-12-8-6-9-13-19)20-14-10-7-11-15-20/h5-15,18,21-22,25-26H,1,16-17H2,2-4H3/t18?,21-,22-/m1/s1. The van der Waals surface area contributed by atoms with Crippen molar-refractivity contribution < 1.29 is 14.6 Å². The Kier molecular flexibility index (Phi) is 8.04. The van der Waals surface area contributed by atoms with Gasteiger partial charge in [0.25, 0.3) is 8.32 Å². The zero-order chi connectivity index (χ0) is 20.8. The van der Waals surface area contributed by atoms with Crippen molar-refractivity contribution in [1.29, 1.82) is 0 Å². The molecule has 0 bridgehead atoms. The summed E-state index contributed by atoms with van der Waals surface area (Å²) in [6.07, 6.45) is 0.0180. The predicted molar refractivity (Wildman–Crippen MR) is 120 cm³/mol. The van der Waals surface area contributed by atoms with Gasteiger partial charge in [-0.05, 0) is 21.8 Å². The van der Waals surface area contributed by atoms with Crippen LogP contribution in [0.15, 0.2) is 73.3 Å². The third-order valence-corrected chi connectivity index (χ3v) is 10.5. The second kappa shape index (κ2) is 9.86. The highest BCUT2D eigenvalue weighted by molar-refractivity contribution is 6.99. The van der Waals surface area contributed by atoms with Gasteiger partial charge in [-0.25, -0.2) is 0 Å². The molecule has 5 heteroatoms. The molecule has 3 nitrogen and oxygen atoms in total. The van der Waals surface area contributed by atoms with Crippen molar-refractivity contribution in [1.82, 2.24) is 0 Å². The molecule has 0 aliphatic heterocycles. The van der Waals surface area contributed by atoms with E-state index in [2.05, 4.69) is 51.6 Å². The molecule has 0 saturated carbocycles. The monoisotopic (exact) mass is 418 g/mol. The van der Waals surface area contributed by atoms with E-state index in [1.807, 2.05) is 36.4 Å². The summed E-state index contributed by atoms with van der Waals surface area (Å²) < 4.78 is 6.66. The van der Waals surface area contributed by atoms with Gasteiger partial charge in [0.2, 0.25) is 0 Å². The topological polar surface area (TPSA) is 49.7 Å². The Labute approximate surface area is 174 Å². The van der Waals surface area contributed by atoms with Crippen LogP contribution in [0.5, 0.6) is 0 Å². The lowest BCUT2D eigenvalue weighted by molar-refractivity contribution is 0.0848. The van der Waals surface area contributed by atoms with Gasteiger partial charge in [0, 0.05) is 0 Å². The normalized spacial score (nSPS) is 15.6. The van der Waals surface area contributed by atoms with E-state index in [1.54, 1.807) is 0 Å². The van der Waals surface area contributed by atoms with Gasteiger partial charge < -0.3 is 14.6 Å². The molecule has 0 amide bonds. The first-order valence-corrected chi connectivity index (χ1v) is 11.9. The van der Waals surface area contributed by atoms with Crippen LogP contribution in [0.3, 0.4) is 0 Å². The van der Waals surface area contributed by atoms with Gasteiger partial charge in [-0.3, -0.25) is 0 Å². The Bertz CT molecular complexity index is 691. The molecule has 3 atom stereocenters. The Morgan fingerprint density at radius 1 is 1.00 bits per heavy atom. The third-order valence-electron chi connectivity index (χ3n) is 5.04. The Morgan fingerprint density at radius 3 is 1.86 bits per heavy atom. The average molecular weight is 419 g/mol. The van der Waals surface area contributed by atoms with E-state index in [4.69, 9.17) is 16.0 Å². The molecule has 0 heterocycles. The molecule has 2 N–H and O–H groups in total. The number of alkyl halides is 1. The minimum atomic E-state index is -2.71. The van der Waals surface area contributed by atoms with Crippen LogP contribution in [0, 0.1) is 0 Å². The number of aliphatic hydroxyl groups is 2. The molecular weight excluding hydrogens is 388 g/mol. The van der Waals surface area contributed by atoms with Gasteiger partial charge in [0.1, 0.15) is 0 Å². The molecule has 28 heavy (non-hydrogen) atoms. The van der Waals surface area contributed by atoms with Crippen molar-refractivity contribution in [2.45, 2.75) is 49.8 Å². The Morgan fingerprint density at radius 2 is 1.46 bits per heavy atom. The van der Waals surface area contributed by atoms with E-state index in [-0.39, 0.29) is 18.1 Å². The fraction of sp³-hybridized carbons (Fsp3) is 0.391. The molecule has 0 saturated heterocycles. The minimum Gasteiger partial charge on any atom is -0.405 e. The lowest BCUT2D eigenvalue weighted by Crippen LogP contribution is -2.67. The van der Waals surface area contributed by atoms with Gasteiger partial charge in [-0.15, -0.1) is 18.2 Å². The lowest BCUT2D eigenvalue weighted by Gasteiger charge is -2.43. The maximum atomic E-state index is 10.6. The summed E-state index contributed by atoms with van der Waals surface area (Å²) in [4.78, 5) is 0. The summed E-state index contributed by atoms with van der Waals surface area (Å²) >= 11 is 6.32. The number of halogens is 1. The number of hydrogen-bond donors (Lipinski definition) is 2. The van der Waals surface area contributed by atoms with Gasteiger partial charge >= 0.3 is 0 Å². The molecule has 0 fully saturated rings. The van der Waals surface area contributed by atoms with Crippen LogP contribution in [-0.2, 0) is 4.43 Å². The van der Waals surface area contributed by atoms with Crippen molar-refractivity contribution in [2.24, 2.45) is 0 Å². The first kappa shape index (κ1) is 22.9. The molecule has 0 aliphatic rings. The quantitative estimate of drug-likeness (QED) is 0.372. The number of hydrogen-bond acceptors (Lipinski definition) is 3. The second-order valence-electron chi connectivity index (χ2n) is 8.10. The molecule has 2 aromatic carbocycles. The minimum absolute atomic E-state index is 0.102. The van der Waals surface area contributed by atoms with Crippen molar-refractivity contribution in [2.75, 3.05) is 6.61 Å². The van der Waals surface area contributed by atoms with Gasteiger partial charge in [-0.2, -0.15) is 0 Å². The van der Waals surface area contributed by atoms with E-state index in [0.29, 0.717) is 0 Å². The van der Waals surface area contributed by atoms with Crippen LogP contribution >= 0.6 is 11.6 Å². The largest absolute Gasteiger partial charge is 0.405 e. The van der Waals surface area contributed by atoms with Crippen molar-refractivity contribution >= 4 is 30.3 Å². The first-order valence-electron chi connectivity index (χ1n) is 9.60. The third kappa shape index (κ3) is 5.13. The van der Waals surface area contributed by atoms with E-state index in [1.165, 1.54) is 6.08 Å². The zero-order valence-corrected chi connectivity index (χ0v) is 18.6. The molecule has 2 rings (SSSR count). The van der Waals surface area contributed by atoms with Gasteiger partial charge in [-0.1, -0.05) is 87.5 Å². The first-order chi connectivity index (χ1) is 13.2. The average Bonchev–Trinajstić information content (AvgIpc) is 2.68. The van der Waals surface area contributed by atoms with E-state index >= 15 is 0 Å². The number of aliphatic hydroxyl groups excluding tert-OH is 2. The molecule has 0 spiro atoms. The number of rotatable bonds is 9. The van der Waals surface area contributed by atoms with Crippen LogP contribution < -0.4 is 10.4 Å². The van der Waals surface area contributed by atoms with Crippen LogP contribution in [0.4, 0.5) is 0 Å². The van der Waals surface area contributed by atoms with Gasteiger partial charge in [0.05, 0.1) is 24.2 Å². The fourth-order valence-electron chi connectivity index (χ4n) is 3.56. The molecule has 152 valence electrons. The Balaban J connectivity index is 2.40. The molecule has 2 aromatic rings. The zero-order valence-electron chi connectivity index (χ0n) is 16.9. The highest BCUT2D eigenvalue weighted by atomic mass is 35.5. The summed E-state index contributed by atoms with van der Waals surface area (Å²) in [5.74, 6) is 0. The van der Waals surface area contributed by atoms with E-state index in [0.717, 1.165) is 10.4 Å². The fourth-order valence-corrected chi connectivity index (χ4v) is 8.39. The SMILES string of the molecule is C=CC(O)C[C@@H](Cl)[C@H](O)CO[Si](c1ccccc1)(c1ccccc1)C(C)(C)C. The van der Waals surface area contributed by atoms with Crippen LogP contribution in [0.2, 0.25) is 5.04 Å². The maximum absolute atomic E-state index is 10.6. The van der Waals surface area contributed by atoms with Crippen molar-refractivity contribution in [3.8, 4) is 0 Å². The summed E-state index contributed by atoms with van der Waals surface area (Å²) in [5, 5.41) is 21.9. The highest BCUT2D eigenvalue weighted by Gasteiger charge is 2.50. The van der Waals surface area contributed by atoms with Crippen LogP contribution in [0.25, 0.3) is 0 Å². The predicted octanol–water partition coefficient (Wildman–Crippen LogP) is 3.47. The molecule has 0 radical (unpaired) electrons. The van der Waals surface area contributed by atoms with Crippen LogP contribution in [0.1, 0.15) is 27.2 Å². The van der Waals surface area contributed by atoms with Crippen molar-refractivity contribution in [3.05, 3.63) is 73.3 Å². The molecule has 1 unspecified atom stereocenters. The summed E-state index contributed by atoms with van der Waals surface area (Å²) in [5.41, 5.74) is 0. The molecule has 0 aliphatic carbocycles. The summed E-state index contributed by atoms with van der Waals surface area (Å²) in [7, 11) is -2.71. The van der Waals surface area contributed by atoms with E-state index < -0.39 is 25.9 Å². The maximum Gasteiger partial charge on any atom is 0.261 e. The lowest BCUT2D eigenvalue weighted by atomic mass is 10.1. The van der Waals surface area contributed by atoms with Crippen LogP contribution in [-0.4, -0.2) is 42.7 Å². The summed E-state index contributed by atoms with van der Waals surface area (Å²) in [6, 6.07) is 20.5. The van der Waals surface area contributed by atoms with E-state index in [9.17, 15) is 10.2 Å². The Hall–Kier alpha value is -1.43. The van der Waals surface area contributed by atoms with Gasteiger partial charge in [0.15, 0.2) is 0 Å². The van der Waals surface area contributed by atoms with Crippen molar-refractivity contribution in [3.63, 3.8) is 0 Å². The highest BCUT2D eigenvalue weighted by Crippen LogP contribution is 2.37. The molecular formula is C23H31ClO3Si. The molecule has 0 aromatic heterocycles.